The van der Waals surface area contributed by atoms with Crippen LogP contribution in [0.5, 0.6) is 0 Å². The molecule has 1 aliphatic heterocycles. The van der Waals surface area contributed by atoms with Crippen LogP contribution in [0.25, 0.3) is 0 Å². The maximum atomic E-state index is 13.0. The summed E-state index contributed by atoms with van der Waals surface area (Å²) in [5.41, 5.74) is 2.21. The van der Waals surface area contributed by atoms with E-state index < -0.39 is 10.0 Å². The minimum Gasteiger partial charge on any atom is -0.360 e. The Kier molecular flexibility index (Phi) is 6.43. The number of aromatic nitrogens is 1. The van der Waals surface area contributed by atoms with Gasteiger partial charge in [0.25, 0.3) is 5.91 Å². The molecule has 1 unspecified atom stereocenters. The lowest BCUT2D eigenvalue weighted by Gasteiger charge is -2.34. The molecule has 0 spiro atoms. The molecule has 1 saturated heterocycles. The fourth-order valence-corrected chi connectivity index (χ4v) is 5.00. The Morgan fingerprint density at radius 3 is 2.31 bits per heavy atom. The van der Waals surface area contributed by atoms with Crippen molar-refractivity contribution in [1.82, 2.24) is 14.4 Å². The topological polar surface area (TPSA) is 83.7 Å². The van der Waals surface area contributed by atoms with E-state index in [-0.39, 0.29) is 19.0 Å². The number of carbonyl (C=O) groups excluding carboxylic acids is 1. The molecular weight excluding hydrogens is 390 g/mol. The van der Waals surface area contributed by atoms with Gasteiger partial charge in [-0.05, 0) is 37.0 Å². The van der Waals surface area contributed by atoms with Gasteiger partial charge in [-0.1, -0.05) is 38.1 Å². The third kappa shape index (κ3) is 4.23. The average Bonchev–Trinajstić information content (AvgIpc) is 3.13. The second-order valence-electron chi connectivity index (χ2n) is 7.49. The number of hydrogen-bond acceptors (Lipinski definition) is 5. The van der Waals surface area contributed by atoms with Crippen LogP contribution in [-0.4, -0.2) is 54.9 Å². The van der Waals surface area contributed by atoms with Gasteiger partial charge in [-0.3, -0.25) is 4.79 Å². The SMILES string of the molecule is CCc1onc(C)c1C(=O)N1CCN(S(=O)(=O)c2ccc(C(C)CC)cc2)CC1. The Hall–Kier alpha value is -2.19. The van der Waals surface area contributed by atoms with Crippen LogP contribution < -0.4 is 0 Å². The highest BCUT2D eigenvalue weighted by Gasteiger charge is 2.32. The standard InChI is InChI=1S/C21H29N3O4S/c1-5-15(3)17-7-9-18(10-8-17)29(26,27)24-13-11-23(12-14-24)21(25)20-16(4)22-28-19(20)6-2/h7-10,15H,5-6,11-14H2,1-4H3. The summed E-state index contributed by atoms with van der Waals surface area (Å²) in [4.78, 5) is 14.9. The van der Waals surface area contributed by atoms with Crippen LogP contribution in [0.2, 0.25) is 0 Å². The molecule has 3 rings (SSSR count). The van der Waals surface area contributed by atoms with Crippen molar-refractivity contribution in [3.05, 3.63) is 46.8 Å². The number of piperazine rings is 1. The number of rotatable bonds is 6. The summed E-state index contributed by atoms with van der Waals surface area (Å²) < 4.78 is 32.7. The Morgan fingerprint density at radius 2 is 1.76 bits per heavy atom. The molecule has 2 heterocycles. The molecule has 8 heteroatoms. The van der Waals surface area contributed by atoms with Gasteiger partial charge in [0.15, 0.2) is 0 Å². The zero-order chi connectivity index (χ0) is 21.2. The molecular formula is C21H29N3O4S. The third-order valence-electron chi connectivity index (χ3n) is 5.69. The molecule has 1 aliphatic rings. The third-order valence-corrected chi connectivity index (χ3v) is 7.61. The lowest BCUT2D eigenvalue weighted by atomic mass is 9.99. The van der Waals surface area contributed by atoms with E-state index in [4.69, 9.17) is 4.52 Å². The normalized spacial score (nSPS) is 16.8. The first-order valence-corrected chi connectivity index (χ1v) is 11.6. The Bertz CT molecular complexity index is 958. The van der Waals surface area contributed by atoms with E-state index in [9.17, 15) is 13.2 Å². The number of nitrogens with zero attached hydrogens (tertiary/aromatic N) is 3. The average molecular weight is 420 g/mol. The van der Waals surface area contributed by atoms with Crippen molar-refractivity contribution >= 4 is 15.9 Å². The molecule has 2 aromatic rings. The highest BCUT2D eigenvalue weighted by molar-refractivity contribution is 7.89. The van der Waals surface area contributed by atoms with E-state index in [1.165, 1.54) is 4.31 Å². The Balaban J connectivity index is 1.69. The van der Waals surface area contributed by atoms with Gasteiger partial charge in [0.2, 0.25) is 10.0 Å². The fraction of sp³-hybridized carbons (Fsp3) is 0.524. The summed E-state index contributed by atoms with van der Waals surface area (Å²) >= 11 is 0. The summed E-state index contributed by atoms with van der Waals surface area (Å²) in [6.07, 6.45) is 1.59. The Morgan fingerprint density at radius 1 is 1.14 bits per heavy atom. The first-order chi connectivity index (χ1) is 13.8. The maximum Gasteiger partial charge on any atom is 0.259 e. The van der Waals surface area contributed by atoms with E-state index in [0.717, 1.165) is 12.0 Å². The highest BCUT2D eigenvalue weighted by Crippen LogP contribution is 2.24. The summed E-state index contributed by atoms with van der Waals surface area (Å²) in [6, 6.07) is 7.15. The summed E-state index contributed by atoms with van der Waals surface area (Å²) in [5, 5.41) is 3.89. The van der Waals surface area contributed by atoms with Crippen LogP contribution in [0.3, 0.4) is 0 Å². The zero-order valence-electron chi connectivity index (χ0n) is 17.5. The van der Waals surface area contributed by atoms with Gasteiger partial charge in [0, 0.05) is 32.6 Å². The molecule has 0 N–H and O–H groups in total. The van der Waals surface area contributed by atoms with Gasteiger partial charge in [0.05, 0.1) is 10.6 Å². The minimum atomic E-state index is -3.57. The number of sulfonamides is 1. The second kappa shape index (κ2) is 8.67. The molecule has 0 aliphatic carbocycles. The molecule has 1 fully saturated rings. The molecule has 0 saturated carbocycles. The molecule has 1 aromatic heterocycles. The number of hydrogen-bond donors (Lipinski definition) is 0. The largest absolute Gasteiger partial charge is 0.360 e. The predicted octanol–water partition coefficient (Wildman–Crippen LogP) is 3.21. The zero-order valence-corrected chi connectivity index (χ0v) is 18.3. The number of carbonyl (C=O) groups is 1. The quantitative estimate of drug-likeness (QED) is 0.718. The number of amides is 1. The van der Waals surface area contributed by atoms with Crippen molar-refractivity contribution in [3.63, 3.8) is 0 Å². The van der Waals surface area contributed by atoms with E-state index in [1.54, 1.807) is 24.0 Å². The van der Waals surface area contributed by atoms with E-state index in [0.29, 0.717) is 47.3 Å². The monoisotopic (exact) mass is 419 g/mol. The smallest absolute Gasteiger partial charge is 0.259 e. The maximum absolute atomic E-state index is 13.0. The first-order valence-electron chi connectivity index (χ1n) is 10.1. The number of aryl methyl sites for hydroxylation is 2. The van der Waals surface area contributed by atoms with Crippen molar-refractivity contribution in [2.75, 3.05) is 26.2 Å². The van der Waals surface area contributed by atoms with Gasteiger partial charge in [0.1, 0.15) is 11.3 Å². The lowest BCUT2D eigenvalue weighted by Crippen LogP contribution is -2.50. The highest BCUT2D eigenvalue weighted by atomic mass is 32.2. The van der Waals surface area contributed by atoms with Gasteiger partial charge >= 0.3 is 0 Å². The van der Waals surface area contributed by atoms with E-state index >= 15 is 0 Å². The van der Waals surface area contributed by atoms with Gasteiger partial charge in [-0.25, -0.2) is 8.42 Å². The van der Waals surface area contributed by atoms with Crippen LogP contribution in [0.15, 0.2) is 33.7 Å². The summed E-state index contributed by atoms with van der Waals surface area (Å²) in [6.45, 7) is 9.13. The number of benzene rings is 1. The van der Waals surface area contributed by atoms with Gasteiger partial charge < -0.3 is 9.42 Å². The van der Waals surface area contributed by atoms with Crippen LogP contribution >= 0.6 is 0 Å². The Labute approximate surface area is 172 Å². The lowest BCUT2D eigenvalue weighted by molar-refractivity contribution is 0.0695. The van der Waals surface area contributed by atoms with E-state index in [1.807, 2.05) is 19.1 Å². The van der Waals surface area contributed by atoms with Crippen molar-refractivity contribution < 1.29 is 17.7 Å². The van der Waals surface area contributed by atoms with E-state index in [2.05, 4.69) is 19.0 Å². The molecule has 158 valence electrons. The molecule has 29 heavy (non-hydrogen) atoms. The van der Waals surface area contributed by atoms with Crippen molar-refractivity contribution in [1.29, 1.82) is 0 Å². The van der Waals surface area contributed by atoms with Crippen molar-refractivity contribution in [2.45, 2.75) is 51.3 Å². The molecule has 1 amide bonds. The minimum absolute atomic E-state index is 0.143. The van der Waals surface area contributed by atoms with Crippen LogP contribution in [0.1, 0.15) is 60.5 Å². The van der Waals surface area contributed by atoms with Crippen LogP contribution in [0, 0.1) is 6.92 Å². The molecule has 0 bridgehead atoms. The first kappa shape index (κ1) is 21.5. The van der Waals surface area contributed by atoms with Gasteiger partial charge in [-0.15, -0.1) is 0 Å². The summed E-state index contributed by atoms with van der Waals surface area (Å²) in [7, 11) is -3.57. The predicted molar refractivity (Wildman–Crippen MR) is 110 cm³/mol. The molecule has 1 atom stereocenters. The summed E-state index contributed by atoms with van der Waals surface area (Å²) in [5.74, 6) is 0.828. The van der Waals surface area contributed by atoms with Crippen LogP contribution in [0.4, 0.5) is 0 Å². The second-order valence-corrected chi connectivity index (χ2v) is 9.43. The van der Waals surface area contributed by atoms with Crippen LogP contribution in [-0.2, 0) is 16.4 Å². The molecule has 7 nitrogen and oxygen atoms in total. The fourth-order valence-electron chi connectivity index (χ4n) is 3.57. The molecule has 1 aromatic carbocycles. The van der Waals surface area contributed by atoms with Crippen molar-refractivity contribution in [2.24, 2.45) is 0 Å². The van der Waals surface area contributed by atoms with Crippen molar-refractivity contribution in [3.8, 4) is 0 Å². The molecule has 0 radical (unpaired) electrons. The van der Waals surface area contributed by atoms with Gasteiger partial charge in [-0.2, -0.15) is 4.31 Å².